The Morgan fingerprint density at radius 2 is 1.85 bits per heavy atom. The molecule has 0 bridgehead atoms. The SMILES string of the molecule is C[C@H](Oc1ccccc1F)C(=O)NNC(=O)c1cnn(-c2cccc(C(F)(F)F)c2)c1C1CC1. The van der Waals surface area contributed by atoms with Crippen molar-refractivity contribution in [3.63, 3.8) is 0 Å². The Morgan fingerprint density at radius 1 is 1.12 bits per heavy atom. The second kappa shape index (κ2) is 9.16. The van der Waals surface area contributed by atoms with Gasteiger partial charge in [-0.2, -0.15) is 18.3 Å². The Labute approximate surface area is 191 Å². The number of benzene rings is 2. The fourth-order valence-corrected chi connectivity index (χ4v) is 3.37. The van der Waals surface area contributed by atoms with Gasteiger partial charge in [-0.15, -0.1) is 0 Å². The van der Waals surface area contributed by atoms with Gasteiger partial charge < -0.3 is 4.74 Å². The monoisotopic (exact) mass is 476 g/mol. The lowest BCUT2D eigenvalue weighted by molar-refractivity contribution is -0.137. The van der Waals surface area contributed by atoms with Crippen molar-refractivity contribution in [1.82, 2.24) is 20.6 Å². The topological polar surface area (TPSA) is 85.2 Å². The lowest BCUT2D eigenvalue weighted by Crippen LogP contribution is -2.47. The van der Waals surface area contributed by atoms with Gasteiger partial charge in [0.1, 0.15) is 0 Å². The van der Waals surface area contributed by atoms with Gasteiger partial charge in [-0.3, -0.25) is 20.4 Å². The first-order chi connectivity index (χ1) is 16.1. The largest absolute Gasteiger partial charge is 0.478 e. The molecule has 0 radical (unpaired) electrons. The van der Waals surface area contributed by atoms with Crippen LogP contribution in [0.1, 0.15) is 47.3 Å². The Hall–Kier alpha value is -3.89. The minimum atomic E-state index is -4.52. The van der Waals surface area contributed by atoms with Crippen LogP contribution in [-0.4, -0.2) is 27.7 Å². The molecule has 1 aliphatic carbocycles. The van der Waals surface area contributed by atoms with E-state index in [4.69, 9.17) is 4.74 Å². The fourth-order valence-electron chi connectivity index (χ4n) is 3.37. The Kier molecular flexibility index (Phi) is 6.27. The third kappa shape index (κ3) is 5.03. The highest BCUT2D eigenvalue weighted by atomic mass is 19.4. The summed E-state index contributed by atoms with van der Waals surface area (Å²) in [6, 6.07) is 10.2. The predicted molar refractivity (Wildman–Crippen MR) is 113 cm³/mol. The summed E-state index contributed by atoms with van der Waals surface area (Å²) in [4.78, 5) is 25.0. The minimum Gasteiger partial charge on any atom is -0.478 e. The molecule has 34 heavy (non-hydrogen) atoms. The molecule has 1 fully saturated rings. The first-order valence-electron chi connectivity index (χ1n) is 10.4. The maximum atomic E-state index is 13.7. The number of alkyl halides is 3. The Morgan fingerprint density at radius 3 is 2.53 bits per heavy atom. The van der Waals surface area contributed by atoms with Gasteiger partial charge >= 0.3 is 6.18 Å². The van der Waals surface area contributed by atoms with Crippen LogP contribution < -0.4 is 15.6 Å². The van der Waals surface area contributed by atoms with Crippen LogP contribution in [0.2, 0.25) is 0 Å². The molecule has 1 aromatic heterocycles. The van der Waals surface area contributed by atoms with Crippen molar-refractivity contribution in [3.05, 3.63) is 77.4 Å². The summed E-state index contributed by atoms with van der Waals surface area (Å²) >= 11 is 0. The number of nitrogens with zero attached hydrogens (tertiary/aromatic N) is 2. The number of ether oxygens (including phenoxy) is 1. The smallest absolute Gasteiger partial charge is 0.416 e. The molecule has 2 N–H and O–H groups in total. The van der Waals surface area contributed by atoms with Crippen molar-refractivity contribution in [3.8, 4) is 11.4 Å². The van der Waals surface area contributed by atoms with Crippen molar-refractivity contribution in [2.24, 2.45) is 0 Å². The predicted octanol–water partition coefficient (Wildman–Crippen LogP) is 4.14. The quantitative estimate of drug-likeness (QED) is 0.414. The zero-order valence-electron chi connectivity index (χ0n) is 17.9. The maximum absolute atomic E-state index is 13.7. The number of amides is 2. The molecule has 0 aliphatic heterocycles. The summed E-state index contributed by atoms with van der Waals surface area (Å²) in [6.45, 7) is 1.38. The first kappa shape index (κ1) is 23.3. The molecule has 1 saturated carbocycles. The maximum Gasteiger partial charge on any atom is 0.416 e. The Bertz CT molecular complexity index is 1220. The number of nitrogens with one attached hydrogen (secondary N) is 2. The summed E-state index contributed by atoms with van der Waals surface area (Å²) in [7, 11) is 0. The van der Waals surface area contributed by atoms with Crippen molar-refractivity contribution in [1.29, 1.82) is 0 Å². The summed E-state index contributed by atoms with van der Waals surface area (Å²) < 4.78 is 59.7. The van der Waals surface area contributed by atoms with Crippen molar-refractivity contribution < 1.29 is 31.9 Å². The number of hydrogen-bond acceptors (Lipinski definition) is 4. The molecule has 7 nitrogen and oxygen atoms in total. The minimum absolute atomic E-state index is 0.0446. The number of halogens is 4. The van der Waals surface area contributed by atoms with E-state index < -0.39 is 35.5 Å². The second-order valence-electron chi connectivity index (χ2n) is 7.81. The van der Waals surface area contributed by atoms with E-state index in [0.29, 0.717) is 5.69 Å². The van der Waals surface area contributed by atoms with Gasteiger partial charge in [0.05, 0.1) is 28.7 Å². The third-order valence-electron chi connectivity index (χ3n) is 5.24. The lowest BCUT2D eigenvalue weighted by atomic mass is 10.1. The molecule has 178 valence electrons. The van der Waals surface area contributed by atoms with Gasteiger partial charge in [0.15, 0.2) is 17.7 Å². The van der Waals surface area contributed by atoms with Crippen LogP contribution in [0.3, 0.4) is 0 Å². The van der Waals surface area contributed by atoms with Gasteiger partial charge in [0.25, 0.3) is 11.8 Å². The Balaban J connectivity index is 1.48. The number of hydrazine groups is 1. The van der Waals surface area contributed by atoms with Crippen LogP contribution in [0.15, 0.2) is 54.7 Å². The summed E-state index contributed by atoms with van der Waals surface area (Å²) in [5, 5.41) is 4.13. The van der Waals surface area contributed by atoms with Crippen LogP contribution in [0.5, 0.6) is 5.75 Å². The average Bonchev–Trinajstić information content (AvgIpc) is 3.55. The highest BCUT2D eigenvalue weighted by Gasteiger charge is 2.34. The van der Waals surface area contributed by atoms with Crippen molar-refractivity contribution in [2.75, 3.05) is 0 Å². The number of para-hydroxylation sites is 1. The molecule has 0 unspecified atom stereocenters. The van der Waals surface area contributed by atoms with E-state index in [1.807, 2.05) is 0 Å². The molecular weight excluding hydrogens is 456 g/mol. The summed E-state index contributed by atoms with van der Waals surface area (Å²) in [5.41, 5.74) is 4.40. The van der Waals surface area contributed by atoms with Gasteiger partial charge in [-0.25, -0.2) is 9.07 Å². The van der Waals surface area contributed by atoms with E-state index in [-0.39, 0.29) is 22.9 Å². The molecule has 2 amide bonds. The van der Waals surface area contributed by atoms with Gasteiger partial charge in [0, 0.05) is 5.92 Å². The van der Waals surface area contributed by atoms with E-state index in [1.54, 1.807) is 6.07 Å². The second-order valence-corrected chi connectivity index (χ2v) is 7.81. The average molecular weight is 476 g/mol. The molecule has 3 aromatic rings. The van der Waals surface area contributed by atoms with Crippen LogP contribution in [-0.2, 0) is 11.0 Å². The van der Waals surface area contributed by atoms with Gasteiger partial charge in [0.2, 0.25) is 0 Å². The highest BCUT2D eigenvalue weighted by molar-refractivity contribution is 5.97. The van der Waals surface area contributed by atoms with E-state index in [1.165, 1.54) is 48.1 Å². The van der Waals surface area contributed by atoms with Crippen LogP contribution >= 0.6 is 0 Å². The number of aromatic nitrogens is 2. The standard InChI is InChI=1S/C23H20F4N4O3/c1-13(34-19-8-3-2-7-18(19)24)21(32)29-30-22(33)17-12-28-31(20(17)14-9-10-14)16-6-4-5-15(11-16)23(25,26)27/h2-8,11-14H,9-10H2,1H3,(H,29,32)(H,30,33)/t13-/m0/s1. The first-order valence-corrected chi connectivity index (χ1v) is 10.4. The molecule has 11 heteroatoms. The molecule has 0 saturated heterocycles. The van der Waals surface area contributed by atoms with E-state index in [2.05, 4.69) is 16.0 Å². The zero-order valence-corrected chi connectivity index (χ0v) is 17.9. The molecule has 4 rings (SSSR count). The number of carbonyl (C=O) groups excluding carboxylic acids is 2. The van der Waals surface area contributed by atoms with E-state index in [0.717, 1.165) is 25.0 Å². The summed E-state index contributed by atoms with van der Waals surface area (Å²) in [6.07, 6.45) is -2.88. The molecule has 1 aliphatic rings. The third-order valence-corrected chi connectivity index (χ3v) is 5.24. The zero-order chi connectivity index (χ0) is 24.5. The van der Waals surface area contributed by atoms with Crippen LogP contribution in [0, 0.1) is 5.82 Å². The number of carbonyl (C=O) groups is 2. The van der Waals surface area contributed by atoms with Crippen molar-refractivity contribution in [2.45, 2.75) is 38.0 Å². The van der Waals surface area contributed by atoms with Gasteiger partial charge in [-0.1, -0.05) is 18.2 Å². The molecule has 0 spiro atoms. The lowest BCUT2D eigenvalue weighted by Gasteiger charge is -2.16. The van der Waals surface area contributed by atoms with Crippen molar-refractivity contribution >= 4 is 11.8 Å². The number of rotatable bonds is 6. The molecular formula is C23H20F4N4O3. The summed E-state index contributed by atoms with van der Waals surface area (Å²) in [5.74, 6) is -2.21. The number of hydrogen-bond donors (Lipinski definition) is 2. The molecule has 2 aromatic carbocycles. The molecule has 1 heterocycles. The highest BCUT2D eigenvalue weighted by Crippen LogP contribution is 2.42. The van der Waals surface area contributed by atoms with Gasteiger partial charge in [-0.05, 0) is 50.1 Å². The molecule has 1 atom stereocenters. The van der Waals surface area contributed by atoms with E-state index >= 15 is 0 Å². The normalized spacial score (nSPS) is 14.4. The van der Waals surface area contributed by atoms with Crippen LogP contribution in [0.4, 0.5) is 17.6 Å². The van der Waals surface area contributed by atoms with Crippen LogP contribution in [0.25, 0.3) is 5.69 Å². The fraction of sp³-hybridized carbons (Fsp3) is 0.261. The van der Waals surface area contributed by atoms with E-state index in [9.17, 15) is 27.2 Å².